The molecule has 31 heavy (non-hydrogen) atoms. The van der Waals surface area contributed by atoms with E-state index in [-0.39, 0.29) is 21.4 Å². The molecule has 2 N–H and O–H groups in total. The number of carbonyl (C=O) groups is 1. The Morgan fingerprint density at radius 2 is 1.71 bits per heavy atom. The molecule has 2 aromatic carbocycles. The monoisotopic (exact) mass is 460 g/mol. The number of halogens is 2. The molecule has 7 nitrogen and oxygen atoms in total. The lowest BCUT2D eigenvalue weighted by molar-refractivity contribution is -0.111. The van der Waals surface area contributed by atoms with Gasteiger partial charge in [0.2, 0.25) is 11.9 Å². The van der Waals surface area contributed by atoms with Crippen LogP contribution in [0, 0.1) is 19.7 Å². The number of nitrogens with zero attached hydrogens (tertiary/aromatic N) is 2. The summed E-state index contributed by atoms with van der Waals surface area (Å²) >= 11 is 5.91. The standard InChI is InChI=1S/C21H18ClFN4O3S/c1-13-12-14(2)25-21(24-13)27-31(29,30)16-8-6-15(7-9-16)26-20(28)11-10-17-18(22)4-3-5-19(17)23/h3-12H,1-2H3,(H,26,28)(H,24,25,27)/b11-10+. The lowest BCUT2D eigenvalue weighted by Crippen LogP contribution is -2.16. The molecule has 0 atom stereocenters. The largest absolute Gasteiger partial charge is 0.323 e. The van der Waals surface area contributed by atoms with E-state index in [2.05, 4.69) is 20.0 Å². The van der Waals surface area contributed by atoms with Crippen molar-refractivity contribution < 1.29 is 17.6 Å². The first-order chi connectivity index (χ1) is 14.6. The second-order valence-electron chi connectivity index (χ2n) is 6.56. The highest BCUT2D eigenvalue weighted by atomic mass is 35.5. The molecule has 0 aliphatic rings. The lowest BCUT2D eigenvalue weighted by atomic mass is 10.2. The molecule has 0 aliphatic heterocycles. The summed E-state index contributed by atoms with van der Waals surface area (Å²) in [7, 11) is -3.91. The highest BCUT2D eigenvalue weighted by Crippen LogP contribution is 2.21. The van der Waals surface area contributed by atoms with Gasteiger partial charge in [0, 0.05) is 28.7 Å². The van der Waals surface area contributed by atoms with Gasteiger partial charge in [-0.25, -0.2) is 27.5 Å². The van der Waals surface area contributed by atoms with E-state index in [0.717, 1.165) is 6.08 Å². The predicted octanol–water partition coefficient (Wildman–Crippen LogP) is 4.34. The van der Waals surface area contributed by atoms with Gasteiger partial charge in [0.05, 0.1) is 9.92 Å². The summed E-state index contributed by atoms with van der Waals surface area (Å²) < 4.78 is 41.2. The lowest BCUT2D eigenvalue weighted by Gasteiger charge is -2.09. The van der Waals surface area contributed by atoms with Gasteiger partial charge < -0.3 is 5.32 Å². The van der Waals surface area contributed by atoms with Crippen LogP contribution in [0.2, 0.25) is 5.02 Å². The van der Waals surface area contributed by atoms with Crippen LogP contribution in [-0.2, 0) is 14.8 Å². The van der Waals surface area contributed by atoms with E-state index in [4.69, 9.17) is 11.6 Å². The Balaban J connectivity index is 1.69. The Bertz CT molecular complexity index is 1220. The number of benzene rings is 2. The summed E-state index contributed by atoms with van der Waals surface area (Å²) in [4.78, 5) is 20.2. The van der Waals surface area contributed by atoms with Crippen LogP contribution < -0.4 is 10.0 Å². The summed E-state index contributed by atoms with van der Waals surface area (Å²) in [5, 5.41) is 2.74. The average Bonchev–Trinajstić information content (AvgIpc) is 2.67. The number of rotatable bonds is 6. The summed E-state index contributed by atoms with van der Waals surface area (Å²) in [6.07, 6.45) is 2.40. The Kier molecular flexibility index (Phi) is 6.67. The Hall–Kier alpha value is -3.30. The molecule has 10 heteroatoms. The smallest absolute Gasteiger partial charge is 0.264 e. The van der Waals surface area contributed by atoms with Gasteiger partial charge in [-0.2, -0.15) is 0 Å². The van der Waals surface area contributed by atoms with Crippen LogP contribution in [0.4, 0.5) is 16.0 Å². The molecule has 0 saturated carbocycles. The minimum atomic E-state index is -3.91. The molecule has 0 fully saturated rings. The fraction of sp³-hybridized carbons (Fsp3) is 0.0952. The van der Waals surface area contributed by atoms with Crippen molar-refractivity contribution in [2.75, 3.05) is 10.0 Å². The highest BCUT2D eigenvalue weighted by molar-refractivity contribution is 7.92. The third kappa shape index (κ3) is 5.87. The molecule has 1 aromatic heterocycles. The molecule has 0 bridgehead atoms. The predicted molar refractivity (Wildman–Crippen MR) is 118 cm³/mol. The van der Waals surface area contributed by atoms with Crippen LogP contribution in [0.25, 0.3) is 6.08 Å². The number of nitrogens with one attached hydrogen (secondary N) is 2. The number of aromatic nitrogens is 2. The molecule has 0 unspecified atom stereocenters. The average molecular weight is 461 g/mol. The topological polar surface area (TPSA) is 101 Å². The van der Waals surface area contributed by atoms with Gasteiger partial charge in [0.1, 0.15) is 5.82 Å². The van der Waals surface area contributed by atoms with Gasteiger partial charge in [-0.1, -0.05) is 17.7 Å². The van der Waals surface area contributed by atoms with E-state index in [1.807, 2.05) is 0 Å². The number of anilines is 2. The van der Waals surface area contributed by atoms with Crippen molar-refractivity contribution >= 4 is 45.2 Å². The maximum absolute atomic E-state index is 13.7. The first-order valence-corrected chi connectivity index (χ1v) is 10.9. The Labute approximate surface area is 184 Å². The third-order valence-corrected chi connectivity index (χ3v) is 5.71. The van der Waals surface area contributed by atoms with E-state index in [1.54, 1.807) is 19.9 Å². The number of aryl methyl sites for hydroxylation is 2. The van der Waals surface area contributed by atoms with E-state index < -0.39 is 21.7 Å². The number of sulfonamides is 1. The maximum atomic E-state index is 13.7. The van der Waals surface area contributed by atoms with Crippen LogP contribution in [-0.4, -0.2) is 24.3 Å². The SMILES string of the molecule is Cc1cc(C)nc(NS(=O)(=O)c2ccc(NC(=O)/C=C/c3c(F)cccc3Cl)cc2)n1. The fourth-order valence-electron chi connectivity index (χ4n) is 2.68. The van der Waals surface area contributed by atoms with Crippen LogP contribution in [0.1, 0.15) is 17.0 Å². The summed E-state index contributed by atoms with van der Waals surface area (Å²) in [5.41, 5.74) is 1.72. The maximum Gasteiger partial charge on any atom is 0.264 e. The van der Waals surface area contributed by atoms with Crippen molar-refractivity contribution in [3.8, 4) is 0 Å². The van der Waals surface area contributed by atoms with E-state index in [1.165, 1.54) is 48.5 Å². The minimum absolute atomic E-state index is 0.0215. The quantitative estimate of drug-likeness (QED) is 0.533. The van der Waals surface area contributed by atoms with Gasteiger partial charge in [0.25, 0.3) is 10.0 Å². The number of hydrogen-bond acceptors (Lipinski definition) is 5. The van der Waals surface area contributed by atoms with Crippen molar-refractivity contribution in [3.05, 3.63) is 82.4 Å². The van der Waals surface area contributed by atoms with E-state index >= 15 is 0 Å². The first kappa shape index (κ1) is 22.4. The van der Waals surface area contributed by atoms with Gasteiger partial charge in [-0.3, -0.25) is 4.79 Å². The van der Waals surface area contributed by atoms with Gasteiger partial charge in [-0.15, -0.1) is 0 Å². The summed E-state index contributed by atoms with van der Waals surface area (Å²) in [6, 6.07) is 11.5. The molecule has 160 valence electrons. The Morgan fingerprint density at radius 3 is 2.32 bits per heavy atom. The van der Waals surface area contributed by atoms with Crippen LogP contribution in [0.5, 0.6) is 0 Å². The molecular formula is C21H18ClFN4O3S. The van der Waals surface area contributed by atoms with Crippen molar-refractivity contribution in [1.29, 1.82) is 0 Å². The zero-order chi connectivity index (χ0) is 22.6. The second-order valence-corrected chi connectivity index (χ2v) is 8.65. The summed E-state index contributed by atoms with van der Waals surface area (Å²) in [5.74, 6) is -1.10. The molecule has 0 spiro atoms. The van der Waals surface area contributed by atoms with Gasteiger partial charge >= 0.3 is 0 Å². The molecule has 1 amide bonds. The fourth-order valence-corrected chi connectivity index (χ4v) is 3.85. The van der Waals surface area contributed by atoms with Crippen LogP contribution >= 0.6 is 11.6 Å². The zero-order valence-electron chi connectivity index (χ0n) is 16.6. The number of hydrogen-bond donors (Lipinski definition) is 2. The molecule has 0 radical (unpaired) electrons. The van der Waals surface area contributed by atoms with Crippen LogP contribution in [0.15, 0.2) is 59.5 Å². The highest BCUT2D eigenvalue weighted by Gasteiger charge is 2.16. The van der Waals surface area contributed by atoms with Gasteiger partial charge in [0.15, 0.2) is 0 Å². The molecule has 0 saturated heterocycles. The van der Waals surface area contributed by atoms with E-state index in [0.29, 0.717) is 17.1 Å². The van der Waals surface area contributed by atoms with Crippen LogP contribution in [0.3, 0.4) is 0 Å². The zero-order valence-corrected chi connectivity index (χ0v) is 18.1. The second kappa shape index (κ2) is 9.23. The van der Waals surface area contributed by atoms with Crippen molar-refractivity contribution in [3.63, 3.8) is 0 Å². The molecular weight excluding hydrogens is 443 g/mol. The third-order valence-electron chi connectivity index (χ3n) is 4.04. The normalized spacial score (nSPS) is 11.5. The van der Waals surface area contributed by atoms with Gasteiger partial charge in [-0.05, 0) is 62.4 Å². The molecule has 0 aliphatic carbocycles. The molecule has 1 heterocycles. The Morgan fingerprint density at radius 1 is 1.06 bits per heavy atom. The molecule has 3 rings (SSSR count). The number of carbonyl (C=O) groups excluding carboxylic acids is 1. The van der Waals surface area contributed by atoms with Crippen molar-refractivity contribution in [2.24, 2.45) is 0 Å². The molecule has 3 aromatic rings. The van der Waals surface area contributed by atoms with E-state index in [9.17, 15) is 17.6 Å². The summed E-state index contributed by atoms with van der Waals surface area (Å²) in [6.45, 7) is 3.47. The minimum Gasteiger partial charge on any atom is -0.323 e. The van der Waals surface area contributed by atoms with Crippen molar-refractivity contribution in [1.82, 2.24) is 9.97 Å². The number of amides is 1. The first-order valence-electron chi connectivity index (χ1n) is 9.02. The van der Waals surface area contributed by atoms with Crippen molar-refractivity contribution in [2.45, 2.75) is 18.7 Å².